The average molecular weight is 324 g/mol. The third kappa shape index (κ3) is 3.24. The molecule has 19 heavy (non-hydrogen) atoms. The molecule has 1 N–H and O–H groups in total. The lowest BCUT2D eigenvalue weighted by molar-refractivity contribution is 0.274. The van der Waals surface area contributed by atoms with Crippen LogP contribution >= 0.6 is 15.9 Å². The molecule has 5 heteroatoms. The molecule has 4 nitrogen and oxygen atoms in total. The molecule has 0 spiro atoms. The standard InChI is InChI=1S/C14H14BrNO3/c1-9-3-4-12(13(5-9)18-2)19-14-10(8-17)6-11(15)7-16-14/h3-7,17H,8H2,1-2H3. The van der Waals surface area contributed by atoms with Gasteiger partial charge in [-0.15, -0.1) is 0 Å². The fraction of sp³-hybridized carbons (Fsp3) is 0.214. The van der Waals surface area contributed by atoms with Crippen molar-refractivity contribution in [3.63, 3.8) is 0 Å². The molecule has 0 saturated heterocycles. The molecule has 0 aliphatic carbocycles. The van der Waals surface area contributed by atoms with Gasteiger partial charge in [0.2, 0.25) is 5.88 Å². The first-order valence-electron chi connectivity index (χ1n) is 5.72. The molecule has 1 heterocycles. The maximum absolute atomic E-state index is 9.32. The number of aromatic nitrogens is 1. The van der Waals surface area contributed by atoms with Gasteiger partial charge in [0.25, 0.3) is 0 Å². The van der Waals surface area contributed by atoms with E-state index in [1.165, 1.54) is 0 Å². The topological polar surface area (TPSA) is 51.6 Å². The third-order valence-corrected chi connectivity index (χ3v) is 3.02. The van der Waals surface area contributed by atoms with Crippen molar-refractivity contribution in [1.82, 2.24) is 4.98 Å². The van der Waals surface area contributed by atoms with E-state index in [0.29, 0.717) is 22.9 Å². The number of rotatable bonds is 4. The van der Waals surface area contributed by atoms with Crippen LogP contribution in [0.1, 0.15) is 11.1 Å². The predicted octanol–water partition coefficient (Wildman–Crippen LogP) is 3.45. The van der Waals surface area contributed by atoms with E-state index in [1.807, 2.05) is 25.1 Å². The molecule has 1 aromatic carbocycles. The summed E-state index contributed by atoms with van der Waals surface area (Å²) >= 11 is 3.31. The van der Waals surface area contributed by atoms with Crippen LogP contribution in [0.2, 0.25) is 0 Å². The number of pyridine rings is 1. The van der Waals surface area contributed by atoms with E-state index in [0.717, 1.165) is 10.0 Å². The van der Waals surface area contributed by atoms with Gasteiger partial charge in [-0.1, -0.05) is 6.07 Å². The molecular formula is C14H14BrNO3. The van der Waals surface area contributed by atoms with Crippen LogP contribution < -0.4 is 9.47 Å². The number of aryl methyl sites for hydroxylation is 1. The number of aliphatic hydroxyl groups excluding tert-OH is 1. The van der Waals surface area contributed by atoms with Crippen molar-refractivity contribution < 1.29 is 14.6 Å². The molecule has 0 fully saturated rings. The molecule has 0 bridgehead atoms. The largest absolute Gasteiger partial charge is 0.493 e. The zero-order valence-corrected chi connectivity index (χ0v) is 12.3. The van der Waals surface area contributed by atoms with E-state index in [4.69, 9.17) is 9.47 Å². The van der Waals surface area contributed by atoms with Crippen molar-refractivity contribution in [2.45, 2.75) is 13.5 Å². The highest BCUT2D eigenvalue weighted by Gasteiger charge is 2.10. The highest BCUT2D eigenvalue weighted by atomic mass is 79.9. The Morgan fingerprint density at radius 1 is 1.26 bits per heavy atom. The zero-order chi connectivity index (χ0) is 13.8. The molecule has 100 valence electrons. The first kappa shape index (κ1) is 13.8. The third-order valence-electron chi connectivity index (χ3n) is 2.59. The number of nitrogens with zero attached hydrogens (tertiary/aromatic N) is 1. The summed E-state index contributed by atoms with van der Waals surface area (Å²) in [6.45, 7) is 1.83. The second-order valence-electron chi connectivity index (χ2n) is 4.03. The second-order valence-corrected chi connectivity index (χ2v) is 4.95. The molecule has 0 radical (unpaired) electrons. The molecule has 0 unspecified atom stereocenters. The van der Waals surface area contributed by atoms with Crippen LogP contribution in [-0.2, 0) is 6.61 Å². The quantitative estimate of drug-likeness (QED) is 0.936. The van der Waals surface area contributed by atoms with Crippen LogP contribution in [0.5, 0.6) is 17.4 Å². The predicted molar refractivity (Wildman–Crippen MR) is 75.7 cm³/mol. The number of hydrogen-bond donors (Lipinski definition) is 1. The van der Waals surface area contributed by atoms with Crippen molar-refractivity contribution >= 4 is 15.9 Å². The summed E-state index contributed by atoms with van der Waals surface area (Å²) in [5, 5.41) is 9.32. The Hall–Kier alpha value is -1.59. The van der Waals surface area contributed by atoms with Gasteiger partial charge in [-0.05, 0) is 46.6 Å². The number of hydrogen-bond acceptors (Lipinski definition) is 4. The molecule has 1 aromatic heterocycles. The minimum atomic E-state index is -0.143. The fourth-order valence-corrected chi connectivity index (χ4v) is 2.02. The van der Waals surface area contributed by atoms with E-state index in [9.17, 15) is 5.11 Å². The summed E-state index contributed by atoms with van der Waals surface area (Å²) in [7, 11) is 1.59. The average Bonchev–Trinajstić information content (AvgIpc) is 2.42. The molecule has 2 rings (SSSR count). The molecule has 0 atom stereocenters. The summed E-state index contributed by atoms with van der Waals surface area (Å²) in [4.78, 5) is 4.16. The SMILES string of the molecule is COc1cc(C)ccc1Oc1ncc(Br)cc1CO. The maximum atomic E-state index is 9.32. The fourth-order valence-electron chi connectivity index (χ4n) is 1.64. The van der Waals surface area contributed by atoms with E-state index in [2.05, 4.69) is 20.9 Å². The number of benzene rings is 1. The Labute approximate surface area is 120 Å². The van der Waals surface area contributed by atoms with Crippen LogP contribution in [0, 0.1) is 6.92 Å². The molecule has 0 aliphatic heterocycles. The normalized spacial score (nSPS) is 10.3. The monoisotopic (exact) mass is 323 g/mol. The molecule has 0 aliphatic rings. The highest BCUT2D eigenvalue weighted by Crippen LogP contribution is 2.33. The summed E-state index contributed by atoms with van der Waals surface area (Å²) < 4.78 is 11.8. The van der Waals surface area contributed by atoms with Gasteiger partial charge < -0.3 is 14.6 Å². The van der Waals surface area contributed by atoms with Gasteiger partial charge in [0.15, 0.2) is 11.5 Å². The van der Waals surface area contributed by atoms with E-state index >= 15 is 0 Å². The summed E-state index contributed by atoms with van der Waals surface area (Å²) in [5.74, 6) is 1.57. The van der Waals surface area contributed by atoms with Gasteiger partial charge in [0.1, 0.15) is 0 Å². The van der Waals surface area contributed by atoms with E-state index in [-0.39, 0.29) is 6.61 Å². The lowest BCUT2D eigenvalue weighted by atomic mass is 10.2. The number of methoxy groups -OCH3 is 1. The number of ether oxygens (including phenoxy) is 2. The Morgan fingerprint density at radius 2 is 2.05 bits per heavy atom. The van der Waals surface area contributed by atoms with E-state index in [1.54, 1.807) is 19.4 Å². The van der Waals surface area contributed by atoms with Gasteiger partial charge in [-0.25, -0.2) is 4.98 Å². The number of aliphatic hydroxyl groups is 1. The summed E-state index contributed by atoms with van der Waals surface area (Å²) in [6.07, 6.45) is 1.62. The van der Waals surface area contributed by atoms with Gasteiger partial charge >= 0.3 is 0 Å². The second kappa shape index (κ2) is 6.04. The van der Waals surface area contributed by atoms with Crippen LogP contribution in [0.4, 0.5) is 0 Å². The summed E-state index contributed by atoms with van der Waals surface area (Å²) in [5.41, 5.74) is 1.69. The Balaban J connectivity index is 2.36. The van der Waals surface area contributed by atoms with Crippen molar-refractivity contribution in [2.24, 2.45) is 0 Å². The minimum Gasteiger partial charge on any atom is -0.493 e. The lowest BCUT2D eigenvalue weighted by Gasteiger charge is -2.12. The van der Waals surface area contributed by atoms with Gasteiger partial charge in [0.05, 0.1) is 13.7 Å². The van der Waals surface area contributed by atoms with Crippen LogP contribution in [-0.4, -0.2) is 17.2 Å². The first-order valence-corrected chi connectivity index (χ1v) is 6.51. The zero-order valence-electron chi connectivity index (χ0n) is 10.7. The van der Waals surface area contributed by atoms with Crippen LogP contribution in [0.15, 0.2) is 34.9 Å². The first-order chi connectivity index (χ1) is 9.13. The Bertz CT molecular complexity index is 535. The minimum absolute atomic E-state index is 0.143. The van der Waals surface area contributed by atoms with Crippen LogP contribution in [0.25, 0.3) is 0 Å². The van der Waals surface area contributed by atoms with Gasteiger partial charge in [-0.2, -0.15) is 0 Å². The Kier molecular flexibility index (Phi) is 4.39. The van der Waals surface area contributed by atoms with Crippen molar-refractivity contribution in [3.8, 4) is 17.4 Å². The lowest BCUT2D eigenvalue weighted by Crippen LogP contribution is -1.97. The van der Waals surface area contributed by atoms with Crippen molar-refractivity contribution in [2.75, 3.05) is 7.11 Å². The molecule has 0 saturated carbocycles. The smallest absolute Gasteiger partial charge is 0.225 e. The van der Waals surface area contributed by atoms with Gasteiger partial charge in [0, 0.05) is 16.2 Å². The molecular weight excluding hydrogens is 310 g/mol. The molecule has 0 amide bonds. The summed E-state index contributed by atoms with van der Waals surface area (Å²) in [6, 6.07) is 7.39. The maximum Gasteiger partial charge on any atom is 0.225 e. The van der Waals surface area contributed by atoms with Crippen molar-refractivity contribution in [1.29, 1.82) is 0 Å². The van der Waals surface area contributed by atoms with Gasteiger partial charge in [-0.3, -0.25) is 0 Å². The van der Waals surface area contributed by atoms with Crippen LogP contribution in [0.3, 0.4) is 0 Å². The Morgan fingerprint density at radius 3 is 2.74 bits per heavy atom. The van der Waals surface area contributed by atoms with Crippen molar-refractivity contribution in [3.05, 3.63) is 46.1 Å². The highest BCUT2D eigenvalue weighted by molar-refractivity contribution is 9.10. The molecule has 2 aromatic rings. The number of halogens is 1. The van der Waals surface area contributed by atoms with E-state index < -0.39 is 0 Å².